The molecule has 0 aromatic carbocycles. The number of hydrogen-bond acceptors (Lipinski definition) is 4. The number of rotatable bonds is 3. The van der Waals surface area contributed by atoms with E-state index >= 15 is 0 Å². The van der Waals surface area contributed by atoms with Gasteiger partial charge in [-0.05, 0) is 32.9 Å². The van der Waals surface area contributed by atoms with Crippen molar-refractivity contribution in [2.24, 2.45) is 0 Å². The van der Waals surface area contributed by atoms with E-state index in [0.717, 1.165) is 36.1 Å². The van der Waals surface area contributed by atoms with Crippen LogP contribution < -0.4 is 10.2 Å². The number of nitrogens with zero attached hydrogens (tertiary/aromatic N) is 2. The van der Waals surface area contributed by atoms with E-state index in [0.29, 0.717) is 11.6 Å². The Morgan fingerprint density at radius 2 is 2.00 bits per heavy atom. The summed E-state index contributed by atoms with van der Waals surface area (Å²) in [5.41, 5.74) is 0.897. The average molecular weight is 316 g/mol. The highest BCUT2D eigenvalue weighted by atomic mass is 35.5. The summed E-state index contributed by atoms with van der Waals surface area (Å²) in [5, 5.41) is 4.09. The maximum absolute atomic E-state index is 11.4. The Labute approximate surface area is 128 Å². The van der Waals surface area contributed by atoms with Gasteiger partial charge in [-0.1, -0.05) is 11.6 Å². The normalized spacial score (nSPS) is 17.5. The highest BCUT2D eigenvalue weighted by Gasteiger charge is 2.18. The molecule has 0 spiro atoms. The number of anilines is 1. The first-order valence-corrected chi connectivity index (χ1v) is 8.72. The second-order valence-electron chi connectivity index (χ2n) is 6.04. The fraction of sp³-hybridized carbons (Fsp3) is 0.643. The molecule has 0 amide bonds. The molecule has 4 nitrogen and oxygen atoms in total. The Hall–Kier alpha value is -0.650. The molecule has 112 valence electrons. The van der Waals surface area contributed by atoms with Gasteiger partial charge < -0.3 is 10.2 Å². The third-order valence-corrected chi connectivity index (χ3v) is 4.81. The standard InChI is InChI=1S/C14H22ClN3OS/c1-14(2,3)16-10-12-11(15)4-5-13(17-12)18-6-8-20(19)9-7-18/h4-5,16H,6-10H2,1-3H3. The number of aromatic nitrogens is 1. The molecule has 1 aliphatic rings. The second kappa shape index (κ2) is 6.41. The fourth-order valence-corrected chi connectivity index (χ4v) is 3.21. The second-order valence-corrected chi connectivity index (χ2v) is 8.14. The summed E-state index contributed by atoms with van der Waals surface area (Å²) in [6.45, 7) is 8.59. The van der Waals surface area contributed by atoms with Gasteiger partial charge in [0.25, 0.3) is 0 Å². The average Bonchev–Trinajstić information content (AvgIpc) is 2.38. The number of nitrogens with one attached hydrogen (secondary N) is 1. The van der Waals surface area contributed by atoms with Crippen LogP contribution in [0.4, 0.5) is 5.82 Å². The Balaban J connectivity index is 2.10. The molecule has 1 saturated heterocycles. The van der Waals surface area contributed by atoms with Gasteiger partial charge in [0, 0.05) is 47.5 Å². The maximum atomic E-state index is 11.4. The van der Waals surface area contributed by atoms with Gasteiger partial charge in [0.15, 0.2) is 0 Å². The monoisotopic (exact) mass is 315 g/mol. The quantitative estimate of drug-likeness (QED) is 0.929. The van der Waals surface area contributed by atoms with Gasteiger partial charge >= 0.3 is 0 Å². The minimum Gasteiger partial charge on any atom is -0.355 e. The van der Waals surface area contributed by atoms with Crippen molar-refractivity contribution in [3.63, 3.8) is 0 Å². The highest BCUT2D eigenvalue weighted by molar-refractivity contribution is 7.85. The lowest BCUT2D eigenvalue weighted by atomic mass is 10.1. The predicted molar refractivity (Wildman–Crippen MR) is 85.9 cm³/mol. The van der Waals surface area contributed by atoms with Crippen molar-refractivity contribution in [2.75, 3.05) is 29.5 Å². The van der Waals surface area contributed by atoms with Crippen LogP contribution in [0.5, 0.6) is 0 Å². The maximum Gasteiger partial charge on any atom is 0.129 e. The van der Waals surface area contributed by atoms with Gasteiger partial charge in [-0.15, -0.1) is 0 Å². The summed E-state index contributed by atoms with van der Waals surface area (Å²) in [6, 6.07) is 3.84. The van der Waals surface area contributed by atoms with Gasteiger partial charge in [-0.2, -0.15) is 0 Å². The molecule has 1 aromatic heterocycles. The predicted octanol–water partition coefficient (Wildman–Crippen LogP) is 2.19. The Bertz CT molecular complexity index is 492. The summed E-state index contributed by atoms with van der Waals surface area (Å²) in [6.07, 6.45) is 0. The molecule has 0 atom stereocenters. The van der Waals surface area contributed by atoms with Gasteiger partial charge in [-0.3, -0.25) is 4.21 Å². The lowest BCUT2D eigenvalue weighted by Crippen LogP contribution is -2.38. The Kier molecular flexibility index (Phi) is 5.04. The van der Waals surface area contributed by atoms with Crippen molar-refractivity contribution in [3.8, 4) is 0 Å². The van der Waals surface area contributed by atoms with E-state index < -0.39 is 10.8 Å². The molecule has 2 rings (SSSR count). The van der Waals surface area contributed by atoms with E-state index in [1.165, 1.54) is 0 Å². The minimum atomic E-state index is -0.667. The molecule has 20 heavy (non-hydrogen) atoms. The molecular formula is C14H22ClN3OS. The van der Waals surface area contributed by atoms with Crippen LogP contribution in [-0.4, -0.2) is 39.3 Å². The van der Waals surface area contributed by atoms with Crippen LogP contribution in [0.3, 0.4) is 0 Å². The topological polar surface area (TPSA) is 45.2 Å². The zero-order valence-electron chi connectivity index (χ0n) is 12.3. The molecule has 0 aliphatic carbocycles. The van der Waals surface area contributed by atoms with Crippen molar-refractivity contribution in [2.45, 2.75) is 32.9 Å². The van der Waals surface area contributed by atoms with Crippen molar-refractivity contribution >= 4 is 28.2 Å². The molecule has 1 aromatic rings. The summed E-state index contributed by atoms with van der Waals surface area (Å²) in [4.78, 5) is 6.84. The van der Waals surface area contributed by atoms with Gasteiger partial charge in [0.2, 0.25) is 0 Å². The third kappa shape index (κ3) is 4.43. The van der Waals surface area contributed by atoms with E-state index in [2.05, 4.69) is 36.0 Å². The first-order chi connectivity index (χ1) is 9.35. The summed E-state index contributed by atoms with van der Waals surface area (Å²) >= 11 is 6.22. The Morgan fingerprint density at radius 3 is 2.60 bits per heavy atom. The molecule has 0 unspecified atom stereocenters. The zero-order valence-corrected chi connectivity index (χ0v) is 13.9. The molecule has 1 N–H and O–H groups in total. The summed E-state index contributed by atoms with van der Waals surface area (Å²) in [7, 11) is -0.667. The highest BCUT2D eigenvalue weighted by Crippen LogP contribution is 2.21. The molecule has 1 fully saturated rings. The van der Waals surface area contributed by atoms with E-state index in [1.54, 1.807) is 0 Å². The third-order valence-electron chi connectivity index (χ3n) is 3.19. The lowest BCUT2D eigenvalue weighted by molar-refractivity contribution is 0.421. The molecule has 0 radical (unpaired) electrons. The van der Waals surface area contributed by atoms with Gasteiger partial charge in [0.1, 0.15) is 5.82 Å². The van der Waals surface area contributed by atoms with Crippen LogP contribution in [-0.2, 0) is 17.3 Å². The zero-order chi connectivity index (χ0) is 14.8. The fourth-order valence-electron chi connectivity index (χ4n) is 1.99. The summed E-state index contributed by atoms with van der Waals surface area (Å²) < 4.78 is 11.4. The van der Waals surface area contributed by atoms with E-state index in [-0.39, 0.29) is 5.54 Å². The van der Waals surface area contributed by atoms with Crippen LogP contribution in [0.2, 0.25) is 5.02 Å². The van der Waals surface area contributed by atoms with Crippen molar-refractivity contribution in [1.82, 2.24) is 10.3 Å². The largest absolute Gasteiger partial charge is 0.355 e. The van der Waals surface area contributed by atoms with Crippen LogP contribution in [0.1, 0.15) is 26.5 Å². The van der Waals surface area contributed by atoms with Crippen molar-refractivity contribution in [3.05, 3.63) is 22.8 Å². The van der Waals surface area contributed by atoms with Crippen molar-refractivity contribution in [1.29, 1.82) is 0 Å². The molecule has 6 heteroatoms. The van der Waals surface area contributed by atoms with Crippen LogP contribution in [0, 0.1) is 0 Å². The van der Waals surface area contributed by atoms with Crippen molar-refractivity contribution < 1.29 is 4.21 Å². The molecule has 2 heterocycles. The smallest absolute Gasteiger partial charge is 0.129 e. The van der Waals surface area contributed by atoms with Crippen LogP contribution in [0.25, 0.3) is 0 Å². The first kappa shape index (κ1) is 15.7. The molecule has 0 saturated carbocycles. The van der Waals surface area contributed by atoms with Gasteiger partial charge in [-0.25, -0.2) is 4.98 Å². The van der Waals surface area contributed by atoms with E-state index in [9.17, 15) is 4.21 Å². The number of hydrogen-bond donors (Lipinski definition) is 1. The molecule has 0 bridgehead atoms. The van der Waals surface area contributed by atoms with E-state index in [4.69, 9.17) is 11.6 Å². The van der Waals surface area contributed by atoms with Gasteiger partial charge in [0.05, 0.1) is 10.7 Å². The van der Waals surface area contributed by atoms with Crippen LogP contribution in [0.15, 0.2) is 12.1 Å². The van der Waals surface area contributed by atoms with Crippen LogP contribution >= 0.6 is 11.6 Å². The molecular weight excluding hydrogens is 294 g/mol. The van der Waals surface area contributed by atoms with E-state index in [1.807, 2.05) is 12.1 Å². The SMILES string of the molecule is CC(C)(C)NCc1nc(N2CCS(=O)CC2)ccc1Cl. The molecule has 1 aliphatic heterocycles. The minimum absolute atomic E-state index is 0.0308. The summed E-state index contributed by atoms with van der Waals surface area (Å²) in [5.74, 6) is 2.37. The number of pyridine rings is 1. The first-order valence-electron chi connectivity index (χ1n) is 6.85. The number of halogens is 1. The lowest BCUT2D eigenvalue weighted by Gasteiger charge is -2.28. The Morgan fingerprint density at radius 1 is 1.35 bits per heavy atom.